The number of rotatable bonds is 2. The first-order valence-electron chi connectivity index (χ1n) is 5.74. The summed E-state index contributed by atoms with van der Waals surface area (Å²) in [6, 6.07) is 1.40. The maximum Gasteiger partial charge on any atom is 0.247 e. The molecular weight excluding hydrogens is 358 g/mol. The van der Waals surface area contributed by atoms with E-state index in [2.05, 4.69) is 21.2 Å². The highest BCUT2D eigenvalue weighted by atomic mass is 79.9. The molecule has 0 aliphatic carbocycles. The van der Waals surface area contributed by atoms with E-state index in [0.29, 0.717) is 6.07 Å². The third-order valence-electron chi connectivity index (χ3n) is 2.83. The van der Waals surface area contributed by atoms with Crippen molar-refractivity contribution in [3.05, 3.63) is 28.2 Å². The van der Waals surface area contributed by atoms with E-state index < -0.39 is 26.6 Å². The second-order valence-electron chi connectivity index (χ2n) is 4.20. The molecule has 20 heavy (non-hydrogen) atoms. The quantitative estimate of drug-likeness (QED) is 0.853. The Balaban J connectivity index is 2.42. The van der Waals surface area contributed by atoms with Crippen LogP contribution >= 0.6 is 15.9 Å². The number of carbonyl (C=O) groups is 1. The van der Waals surface area contributed by atoms with Crippen LogP contribution in [0.5, 0.6) is 0 Å². The predicted octanol–water partition coefficient (Wildman–Crippen LogP) is 1.24. The maximum atomic E-state index is 13.8. The highest BCUT2D eigenvalue weighted by molar-refractivity contribution is 9.10. The second kappa shape index (κ2) is 5.74. The van der Waals surface area contributed by atoms with Crippen LogP contribution in [0.2, 0.25) is 0 Å². The topological polar surface area (TPSA) is 66.5 Å². The zero-order valence-electron chi connectivity index (χ0n) is 10.2. The van der Waals surface area contributed by atoms with E-state index in [4.69, 9.17) is 0 Å². The van der Waals surface area contributed by atoms with E-state index in [1.54, 1.807) is 0 Å². The fourth-order valence-electron chi connectivity index (χ4n) is 1.89. The summed E-state index contributed by atoms with van der Waals surface area (Å²) >= 11 is 2.86. The smallest absolute Gasteiger partial charge is 0.247 e. The van der Waals surface area contributed by atoms with Crippen molar-refractivity contribution < 1.29 is 22.0 Å². The van der Waals surface area contributed by atoms with Gasteiger partial charge in [0.15, 0.2) is 0 Å². The maximum absolute atomic E-state index is 13.8. The molecule has 1 saturated heterocycles. The molecule has 1 heterocycles. The highest BCUT2D eigenvalue weighted by Gasteiger charge is 2.31. The zero-order chi connectivity index (χ0) is 14.9. The molecule has 1 aromatic carbocycles. The number of sulfonamides is 1. The van der Waals surface area contributed by atoms with E-state index in [0.717, 1.165) is 10.4 Å². The Morgan fingerprint density at radius 1 is 1.25 bits per heavy atom. The summed E-state index contributed by atoms with van der Waals surface area (Å²) in [5, 5.41) is 2.53. The lowest BCUT2D eigenvalue weighted by Gasteiger charge is -2.20. The standard InChI is InChI=1S/C11H11BrF2N2O3S/c12-8-5-7(13)6-9(14)11(8)20(18,19)16-3-1-10(17)15-2-4-16/h5-6H,1-4H2,(H,15,17). The molecule has 1 N–H and O–H groups in total. The molecule has 110 valence electrons. The lowest BCUT2D eigenvalue weighted by molar-refractivity contribution is -0.120. The lowest BCUT2D eigenvalue weighted by atomic mass is 10.3. The van der Waals surface area contributed by atoms with Crippen molar-refractivity contribution in [2.24, 2.45) is 0 Å². The molecule has 0 bridgehead atoms. The van der Waals surface area contributed by atoms with Crippen molar-refractivity contribution in [1.82, 2.24) is 9.62 Å². The van der Waals surface area contributed by atoms with Crippen molar-refractivity contribution in [1.29, 1.82) is 0 Å². The van der Waals surface area contributed by atoms with Gasteiger partial charge >= 0.3 is 0 Å². The first kappa shape index (κ1) is 15.3. The van der Waals surface area contributed by atoms with Crippen LogP contribution in [0.25, 0.3) is 0 Å². The summed E-state index contributed by atoms with van der Waals surface area (Å²) in [5.74, 6) is -2.30. The molecule has 5 nitrogen and oxygen atoms in total. The molecule has 0 saturated carbocycles. The SMILES string of the molecule is O=C1CCN(S(=O)(=O)c2c(F)cc(F)cc2Br)CCN1. The van der Waals surface area contributed by atoms with E-state index in [9.17, 15) is 22.0 Å². The molecule has 1 fully saturated rings. The summed E-state index contributed by atoms with van der Waals surface area (Å²) in [6.45, 7) is 0.146. The largest absolute Gasteiger partial charge is 0.355 e. The summed E-state index contributed by atoms with van der Waals surface area (Å²) in [4.78, 5) is 10.6. The van der Waals surface area contributed by atoms with Gasteiger partial charge in [-0.3, -0.25) is 4.79 Å². The Hall–Kier alpha value is -1.06. The van der Waals surface area contributed by atoms with Crippen molar-refractivity contribution in [3.8, 4) is 0 Å². The van der Waals surface area contributed by atoms with Crippen LogP contribution in [0.4, 0.5) is 8.78 Å². The Morgan fingerprint density at radius 3 is 2.60 bits per heavy atom. The first-order valence-corrected chi connectivity index (χ1v) is 7.97. The van der Waals surface area contributed by atoms with Crippen molar-refractivity contribution in [3.63, 3.8) is 0 Å². The van der Waals surface area contributed by atoms with Crippen LogP contribution in [0.3, 0.4) is 0 Å². The summed E-state index contributed by atoms with van der Waals surface area (Å²) in [7, 11) is -4.13. The molecule has 0 aromatic heterocycles. The molecular formula is C11H11BrF2N2O3S. The minimum atomic E-state index is -4.13. The van der Waals surface area contributed by atoms with Gasteiger partial charge in [0, 0.05) is 36.6 Å². The zero-order valence-corrected chi connectivity index (χ0v) is 12.6. The van der Waals surface area contributed by atoms with E-state index >= 15 is 0 Å². The predicted molar refractivity (Wildman–Crippen MR) is 70.4 cm³/mol. The van der Waals surface area contributed by atoms with Gasteiger partial charge < -0.3 is 5.32 Å². The van der Waals surface area contributed by atoms with Gasteiger partial charge in [0.2, 0.25) is 15.9 Å². The minimum Gasteiger partial charge on any atom is -0.355 e. The van der Waals surface area contributed by atoms with Gasteiger partial charge in [0.1, 0.15) is 16.5 Å². The van der Waals surface area contributed by atoms with Crippen LogP contribution in [-0.2, 0) is 14.8 Å². The van der Waals surface area contributed by atoms with Gasteiger partial charge in [-0.1, -0.05) is 0 Å². The number of hydrogen-bond acceptors (Lipinski definition) is 3. The Bertz CT molecular complexity index is 628. The molecule has 0 unspecified atom stereocenters. The van der Waals surface area contributed by atoms with E-state index in [-0.39, 0.29) is 36.4 Å². The molecule has 0 atom stereocenters. The molecule has 2 rings (SSSR count). The van der Waals surface area contributed by atoms with Crippen LogP contribution in [0, 0.1) is 11.6 Å². The van der Waals surface area contributed by atoms with Gasteiger partial charge in [-0.15, -0.1) is 0 Å². The third kappa shape index (κ3) is 2.99. The second-order valence-corrected chi connectivity index (χ2v) is 6.93. The normalized spacial score (nSPS) is 17.6. The molecule has 0 spiro atoms. The molecule has 1 aliphatic heterocycles. The molecule has 1 amide bonds. The van der Waals surface area contributed by atoms with E-state index in [1.807, 2.05) is 0 Å². The Kier molecular flexibility index (Phi) is 4.40. The molecule has 0 radical (unpaired) electrons. The van der Waals surface area contributed by atoms with Crippen LogP contribution in [0.15, 0.2) is 21.5 Å². The number of carbonyl (C=O) groups excluding carboxylic acids is 1. The van der Waals surface area contributed by atoms with Crippen molar-refractivity contribution in [2.45, 2.75) is 11.3 Å². The lowest BCUT2D eigenvalue weighted by Crippen LogP contribution is -2.35. The van der Waals surface area contributed by atoms with Crippen LogP contribution in [0.1, 0.15) is 6.42 Å². The van der Waals surface area contributed by atoms with E-state index in [1.165, 1.54) is 0 Å². The third-order valence-corrected chi connectivity index (χ3v) is 5.70. The van der Waals surface area contributed by atoms with Crippen molar-refractivity contribution >= 4 is 31.9 Å². The van der Waals surface area contributed by atoms with Crippen LogP contribution < -0.4 is 5.32 Å². The fraction of sp³-hybridized carbons (Fsp3) is 0.364. The number of nitrogens with zero attached hydrogens (tertiary/aromatic N) is 1. The highest BCUT2D eigenvalue weighted by Crippen LogP contribution is 2.29. The first-order chi connectivity index (χ1) is 9.32. The van der Waals surface area contributed by atoms with Gasteiger partial charge in [-0.2, -0.15) is 4.31 Å². The van der Waals surface area contributed by atoms with Crippen LogP contribution in [-0.4, -0.2) is 38.3 Å². The molecule has 1 aliphatic rings. The monoisotopic (exact) mass is 368 g/mol. The number of amides is 1. The molecule has 9 heteroatoms. The average Bonchev–Trinajstić information content (AvgIpc) is 2.52. The number of halogens is 3. The Morgan fingerprint density at radius 2 is 1.95 bits per heavy atom. The Labute approximate surface area is 123 Å². The van der Waals surface area contributed by atoms with Gasteiger partial charge in [0.25, 0.3) is 0 Å². The van der Waals surface area contributed by atoms with Crippen molar-refractivity contribution in [2.75, 3.05) is 19.6 Å². The summed E-state index contributed by atoms with van der Waals surface area (Å²) in [5.41, 5.74) is 0. The van der Waals surface area contributed by atoms with Gasteiger partial charge in [0.05, 0.1) is 0 Å². The summed E-state index contributed by atoms with van der Waals surface area (Å²) < 4.78 is 52.4. The fourth-order valence-corrected chi connectivity index (χ4v) is 4.45. The number of hydrogen-bond donors (Lipinski definition) is 1. The summed E-state index contributed by atoms with van der Waals surface area (Å²) in [6.07, 6.45) is -0.000335. The average molecular weight is 369 g/mol. The number of benzene rings is 1. The molecule has 1 aromatic rings. The van der Waals surface area contributed by atoms with Gasteiger partial charge in [-0.05, 0) is 22.0 Å². The minimum absolute atomic E-state index is 0.000335. The van der Waals surface area contributed by atoms with Gasteiger partial charge in [-0.25, -0.2) is 17.2 Å². The number of nitrogens with one attached hydrogen (secondary N) is 1.